The maximum Gasteiger partial charge on any atom is 0.339 e. The Bertz CT molecular complexity index is 817. The Balaban J connectivity index is 0.00000242. The van der Waals surface area contributed by atoms with Crippen LogP contribution in [0.4, 0.5) is 5.82 Å². The van der Waals surface area contributed by atoms with E-state index in [2.05, 4.69) is 15.9 Å². The van der Waals surface area contributed by atoms with Crippen molar-refractivity contribution in [2.24, 2.45) is 0 Å². The number of hydrogen-bond donors (Lipinski definition) is 3. The molecular formula is C14H14BrClN2O4. The first-order valence-corrected chi connectivity index (χ1v) is 6.78. The molecule has 1 aromatic heterocycles. The molecule has 0 aliphatic heterocycles. The van der Waals surface area contributed by atoms with Gasteiger partial charge in [0.2, 0.25) is 0 Å². The molecule has 0 saturated carbocycles. The number of carboxylic acids is 1. The zero-order valence-electron chi connectivity index (χ0n) is 11.8. The Morgan fingerprint density at radius 3 is 2.45 bits per heavy atom. The van der Waals surface area contributed by atoms with Gasteiger partial charge in [-0.3, -0.25) is 9.36 Å². The normalized spacial score (nSPS) is 10.1. The first-order valence-electron chi connectivity index (χ1n) is 5.99. The van der Waals surface area contributed by atoms with E-state index < -0.39 is 11.5 Å². The lowest BCUT2D eigenvalue weighted by atomic mass is 10.1. The van der Waals surface area contributed by atoms with Gasteiger partial charge in [0.25, 0.3) is 5.56 Å². The van der Waals surface area contributed by atoms with Gasteiger partial charge in [-0.25, -0.2) is 4.79 Å². The van der Waals surface area contributed by atoms with Gasteiger partial charge in [-0.05, 0) is 47.5 Å². The largest absolute Gasteiger partial charge is 0.508 e. The zero-order chi connectivity index (χ0) is 15.9. The van der Waals surface area contributed by atoms with Crippen LogP contribution in [0.25, 0.3) is 5.69 Å². The van der Waals surface area contributed by atoms with Crippen molar-refractivity contribution in [1.29, 1.82) is 0 Å². The number of nitrogens with zero attached hydrogens (tertiary/aromatic N) is 1. The van der Waals surface area contributed by atoms with E-state index >= 15 is 0 Å². The summed E-state index contributed by atoms with van der Waals surface area (Å²) in [6.45, 7) is 3.37. The van der Waals surface area contributed by atoms with E-state index in [4.69, 9.17) is 5.73 Å². The van der Waals surface area contributed by atoms with Gasteiger partial charge >= 0.3 is 5.97 Å². The highest BCUT2D eigenvalue weighted by atomic mass is 79.9. The zero-order valence-corrected chi connectivity index (χ0v) is 14.2. The molecule has 118 valence electrons. The highest BCUT2D eigenvalue weighted by Gasteiger charge is 2.20. The molecule has 2 rings (SSSR count). The van der Waals surface area contributed by atoms with Crippen molar-refractivity contribution in [2.45, 2.75) is 13.8 Å². The van der Waals surface area contributed by atoms with Gasteiger partial charge in [0.05, 0.1) is 10.2 Å². The third-order valence-corrected chi connectivity index (χ3v) is 3.82. The average molecular weight is 390 g/mol. The number of halogens is 2. The summed E-state index contributed by atoms with van der Waals surface area (Å²) in [5.74, 6) is -1.43. The molecule has 0 spiro atoms. The third-order valence-electron chi connectivity index (χ3n) is 3.25. The molecule has 1 aromatic carbocycles. The summed E-state index contributed by atoms with van der Waals surface area (Å²) in [6, 6.07) is 4.31. The van der Waals surface area contributed by atoms with E-state index in [1.807, 2.05) is 0 Å². The van der Waals surface area contributed by atoms with Crippen LogP contribution in [0.2, 0.25) is 0 Å². The van der Waals surface area contributed by atoms with E-state index in [0.717, 1.165) is 4.57 Å². The summed E-state index contributed by atoms with van der Waals surface area (Å²) < 4.78 is 1.18. The number of aromatic carboxylic acids is 1. The lowest BCUT2D eigenvalue weighted by Crippen LogP contribution is -2.26. The minimum atomic E-state index is -1.24. The van der Waals surface area contributed by atoms with Crippen molar-refractivity contribution < 1.29 is 15.0 Å². The molecule has 0 fully saturated rings. The van der Waals surface area contributed by atoms with Crippen molar-refractivity contribution in [3.05, 3.63) is 49.7 Å². The molecule has 2 aromatic rings. The molecule has 0 aliphatic rings. The summed E-state index contributed by atoms with van der Waals surface area (Å²) >= 11 is 3.05. The average Bonchev–Trinajstić information content (AvgIpc) is 2.41. The third kappa shape index (κ3) is 2.82. The molecular weight excluding hydrogens is 376 g/mol. The van der Waals surface area contributed by atoms with Crippen LogP contribution in [0.1, 0.15) is 21.5 Å². The lowest BCUT2D eigenvalue weighted by molar-refractivity contribution is 0.0697. The van der Waals surface area contributed by atoms with E-state index in [1.165, 1.54) is 12.1 Å². The Hall–Kier alpha value is -1.99. The number of nitrogen functional groups attached to an aromatic ring is 1. The first kappa shape index (κ1) is 18.1. The van der Waals surface area contributed by atoms with Gasteiger partial charge in [-0.1, -0.05) is 6.07 Å². The highest BCUT2D eigenvalue weighted by molar-refractivity contribution is 9.10. The fourth-order valence-electron chi connectivity index (χ4n) is 2.16. The maximum absolute atomic E-state index is 12.3. The van der Waals surface area contributed by atoms with Gasteiger partial charge < -0.3 is 15.9 Å². The van der Waals surface area contributed by atoms with Crippen LogP contribution in [0.15, 0.2) is 27.5 Å². The quantitative estimate of drug-likeness (QED) is 0.732. The van der Waals surface area contributed by atoms with Crippen LogP contribution >= 0.6 is 28.3 Å². The van der Waals surface area contributed by atoms with Crippen LogP contribution in [0, 0.1) is 13.8 Å². The molecule has 0 amide bonds. The van der Waals surface area contributed by atoms with Crippen LogP contribution in [0.5, 0.6) is 5.75 Å². The topological polar surface area (TPSA) is 106 Å². The van der Waals surface area contributed by atoms with Crippen LogP contribution in [-0.2, 0) is 0 Å². The van der Waals surface area contributed by atoms with Crippen molar-refractivity contribution in [3.63, 3.8) is 0 Å². The van der Waals surface area contributed by atoms with E-state index in [-0.39, 0.29) is 34.0 Å². The Morgan fingerprint density at radius 2 is 1.91 bits per heavy atom. The summed E-state index contributed by atoms with van der Waals surface area (Å²) in [6.07, 6.45) is 0. The summed E-state index contributed by atoms with van der Waals surface area (Å²) in [7, 11) is 0. The lowest BCUT2D eigenvalue weighted by Gasteiger charge is -2.17. The molecule has 0 saturated heterocycles. The highest BCUT2D eigenvalue weighted by Crippen LogP contribution is 2.29. The van der Waals surface area contributed by atoms with Crippen molar-refractivity contribution in [3.8, 4) is 11.4 Å². The molecule has 0 aliphatic carbocycles. The first-order chi connectivity index (χ1) is 9.75. The molecule has 1 heterocycles. The minimum Gasteiger partial charge on any atom is -0.508 e. The molecule has 0 unspecified atom stereocenters. The second kappa shape index (κ2) is 6.41. The number of aromatic nitrogens is 1. The molecule has 6 nitrogen and oxygen atoms in total. The Labute approximate surface area is 140 Å². The predicted molar refractivity (Wildman–Crippen MR) is 89.5 cm³/mol. The summed E-state index contributed by atoms with van der Waals surface area (Å²) in [5, 5.41) is 19.0. The number of carboxylic acid groups (broad SMARTS) is 1. The van der Waals surface area contributed by atoms with E-state index in [0.29, 0.717) is 16.8 Å². The number of rotatable bonds is 2. The smallest absolute Gasteiger partial charge is 0.339 e. The molecule has 22 heavy (non-hydrogen) atoms. The number of hydrogen-bond acceptors (Lipinski definition) is 4. The van der Waals surface area contributed by atoms with Gasteiger partial charge in [-0.2, -0.15) is 0 Å². The Kier molecular flexibility index (Phi) is 5.26. The molecule has 4 N–H and O–H groups in total. The van der Waals surface area contributed by atoms with Gasteiger partial charge in [0.15, 0.2) is 0 Å². The van der Waals surface area contributed by atoms with Gasteiger partial charge in [0.1, 0.15) is 17.1 Å². The number of anilines is 1. The SMILES string of the molecule is Cc1ccc(O)c(C)c1-n1c(N)c(C(=O)O)cc(Br)c1=O.Cl. The molecule has 0 atom stereocenters. The predicted octanol–water partition coefficient (Wildman–Crippen LogP) is 2.62. The number of phenolic OH excluding ortho intramolecular Hbond substituents is 1. The monoisotopic (exact) mass is 388 g/mol. The fraction of sp³-hybridized carbons (Fsp3) is 0.143. The standard InChI is InChI=1S/C14H13BrN2O4.ClH/c1-6-3-4-10(18)7(2)11(6)17-12(16)8(14(20)21)5-9(15)13(17)19;/h3-5,18H,16H2,1-2H3,(H,20,21);1H. The number of pyridine rings is 1. The number of nitrogens with two attached hydrogens (primary N) is 1. The van der Waals surface area contributed by atoms with Crippen molar-refractivity contribution >= 4 is 40.1 Å². The number of carbonyl (C=O) groups is 1. The van der Waals surface area contributed by atoms with Gasteiger partial charge in [0, 0.05) is 5.56 Å². The number of benzene rings is 1. The molecule has 8 heteroatoms. The van der Waals surface area contributed by atoms with Crippen molar-refractivity contribution in [1.82, 2.24) is 4.57 Å². The summed E-state index contributed by atoms with van der Waals surface area (Å²) in [5.41, 5.74) is 6.68. The Morgan fingerprint density at radius 1 is 1.32 bits per heavy atom. The number of aromatic hydroxyl groups is 1. The van der Waals surface area contributed by atoms with E-state index in [9.17, 15) is 19.8 Å². The summed E-state index contributed by atoms with van der Waals surface area (Å²) in [4.78, 5) is 23.6. The maximum atomic E-state index is 12.3. The second-order valence-electron chi connectivity index (χ2n) is 4.61. The number of aryl methyl sites for hydroxylation is 1. The molecule has 0 radical (unpaired) electrons. The van der Waals surface area contributed by atoms with Crippen molar-refractivity contribution in [2.75, 3.05) is 5.73 Å². The van der Waals surface area contributed by atoms with Crippen LogP contribution < -0.4 is 11.3 Å². The fourth-order valence-corrected chi connectivity index (χ4v) is 2.57. The van der Waals surface area contributed by atoms with Crippen LogP contribution in [-0.4, -0.2) is 20.7 Å². The van der Waals surface area contributed by atoms with Crippen LogP contribution in [0.3, 0.4) is 0 Å². The minimum absolute atomic E-state index is 0. The number of phenols is 1. The van der Waals surface area contributed by atoms with Gasteiger partial charge in [-0.15, -0.1) is 12.4 Å². The second-order valence-corrected chi connectivity index (χ2v) is 5.47. The molecule has 0 bridgehead atoms. The van der Waals surface area contributed by atoms with E-state index in [1.54, 1.807) is 19.9 Å².